The maximum absolute atomic E-state index is 13.6. The zero-order valence-corrected chi connectivity index (χ0v) is 23.5. The number of anilines is 1. The Morgan fingerprint density at radius 1 is 1.12 bits per heavy atom. The number of ketones is 1. The molecule has 7 nitrogen and oxygen atoms in total. The van der Waals surface area contributed by atoms with E-state index in [1.165, 1.54) is 16.2 Å². The molecule has 40 heavy (non-hydrogen) atoms. The molecule has 1 amide bonds. The first kappa shape index (κ1) is 26.1. The highest BCUT2D eigenvalue weighted by Crippen LogP contribution is 2.45. The number of aliphatic hydroxyl groups excluding tert-OH is 1. The lowest BCUT2D eigenvalue weighted by Crippen LogP contribution is -2.29. The molecule has 3 heterocycles. The Labute approximate surface area is 236 Å². The molecule has 6 rings (SSSR count). The number of rotatable bonds is 7. The number of Topliss-reactive ketones (excluding diaryl/α,β-unsaturated/α-hetero) is 1. The summed E-state index contributed by atoms with van der Waals surface area (Å²) >= 11 is 1.35. The van der Waals surface area contributed by atoms with Crippen molar-refractivity contribution in [2.45, 2.75) is 52.2 Å². The number of aliphatic hydroxyl groups is 1. The van der Waals surface area contributed by atoms with Crippen LogP contribution in [0.2, 0.25) is 0 Å². The van der Waals surface area contributed by atoms with Crippen LogP contribution in [0.1, 0.15) is 55.0 Å². The first-order valence-electron chi connectivity index (χ1n) is 13.5. The van der Waals surface area contributed by atoms with Crippen molar-refractivity contribution < 1.29 is 24.2 Å². The van der Waals surface area contributed by atoms with E-state index in [0.717, 1.165) is 39.9 Å². The van der Waals surface area contributed by atoms with E-state index >= 15 is 0 Å². The van der Waals surface area contributed by atoms with Gasteiger partial charge >= 0.3 is 5.91 Å². The second kappa shape index (κ2) is 10.4. The molecule has 0 bridgehead atoms. The molecule has 1 saturated heterocycles. The van der Waals surface area contributed by atoms with Crippen LogP contribution in [0, 0.1) is 6.92 Å². The molecule has 0 unspecified atom stereocenters. The number of hydrogen-bond acceptors (Lipinski definition) is 7. The number of hydrogen-bond donors (Lipinski definition) is 1. The maximum Gasteiger partial charge on any atom is 0.301 e. The number of carbonyl (C=O) groups is 2. The largest absolute Gasteiger partial charge is 0.507 e. The van der Waals surface area contributed by atoms with Gasteiger partial charge in [-0.15, -0.1) is 0 Å². The average molecular weight is 555 g/mol. The first-order valence-corrected chi connectivity index (χ1v) is 14.4. The van der Waals surface area contributed by atoms with Crippen LogP contribution in [-0.4, -0.2) is 34.5 Å². The lowest BCUT2D eigenvalue weighted by atomic mass is 9.94. The van der Waals surface area contributed by atoms with Crippen LogP contribution in [-0.2, 0) is 16.0 Å². The molecule has 2 aliphatic heterocycles. The van der Waals surface area contributed by atoms with Crippen molar-refractivity contribution in [3.05, 3.63) is 88.5 Å². The standard InChI is InChI=1S/C32H30N2O5S/c1-4-5-14-38-23-10-7-20(8-11-23)28-27(29(35)21-9-13-25-22(17-21)16-19(3)39-25)30(36)31(37)34(28)32-33-24-12-6-18(2)15-26(24)40-32/h6-13,15,17,19,28,35H,4-5,14,16H2,1-3H3/b29-27+/t19-,28-/m1/s1. The molecule has 0 radical (unpaired) electrons. The van der Waals surface area contributed by atoms with Gasteiger partial charge in [-0.1, -0.05) is 42.9 Å². The molecule has 204 valence electrons. The number of carbonyl (C=O) groups excluding carboxylic acids is 2. The molecular formula is C32H30N2O5S. The van der Waals surface area contributed by atoms with E-state index in [1.807, 2.05) is 62.4 Å². The van der Waals surface area contributed by atoms with E-state index in [1.54, 1.807) is 12.1 Å². The molecule has 1 aromatic heterocycles. The molecule has 1 N–H and O–H groups in total. The Kier molecular flexibility index (Phi) is 6.80. The smallest absolute Gasteiger partial charge is 0.301 e. The van der Waals surface area contributed by atoms with Crippen molar-refractivity contribution in [3.8, 4) is 11.5 Å². The number of amides is 1. The number of unbranched alkanes of at least 4 members (excludes halogenated alkanes) is 1. The maximum atomic E-state index is 13.6. The van der Waals surface area contributed by atoms with Crippen LogP contribution < -0.4 is 14.4 Å². The van der Waals surface area contributed by atoms with Gasteiger partial charge in [-0.2, -0.15) is 0 Å². The van der Waals surface area contributed by atoms with Gasteiger partial charge in [0.25, 0.3) is 5.78 Å². The summed E-state index contributed by atoms with van der Waals surface area (Å²) in [5.74, 6) is -0.203. The summed E-state index contributed by atoms with van der Waals surface area (Å²) in [5, 5.41) is 12.0. The number of fused-ring (bicyclic) bond motifs is 2. The molecule has 1 fully saturated rings. The van der Waals surface area contributed by atoms with Crippen LogP contribution in [0.3, 0.4) is 0 Å². The van der Waals surface area contributed by atoms with Gasteiger partial charge in [-0.25, -0.2) is 4.98 Å². The van der Waals surface area contributed by atoms with Gasteiger partial charge in [-0.3, -0.25) is 14.5 Å². The number of thiazole rings is 1. The number of aryl methyl sites for hydroxylation is 1. The predicted octanol–water partition coefficient (Wildman–Crippen LogP) is 6.73. The Bertz CT molecular complexity index is 1660. The van der Waals surface area contributed by atoms with E-state index in [4.69, 9.17) is 14.5 Å². The first-order chi connectivity index (χ1) is 19.3. The highest BCUT2D eigenvalue weighted by atomic mass is 32.1. The van der Waals surface area contributed by atoms with Crippen LogP contribution in [0.15, 0.2) is 66.2 Å². The van der Waals surface area contributed by atoms with Crippen molar-refractivity contribution in [3.63, 3.8) is 0 Å². The molecule has 8 heteroatoms. The van der Waals surface area contributed by atoms with Gasteiger partial charge in [0.1, 0.15) is 23.4 Å². The zero-order chi connectivity index (χ0) is 28.0. The van der Waals surface area contributed by atoms with Gasteiger partial charge < -0.3 is 14.6 Å². The van der Waals surface area contributed by atoms with Gasteiger partial charge in [0.15, 0.2) is 5.13 Å². The third-order valence-corrected chi connectivity index (χ3v) is 8.33. The van der Waals surface area contributed by atoms with E-state index in [2.05, 4.69) is 6.92 Å². The molecule has 2 atom stereocenters. The number of nitrogens with zero attached hydrogens (tertiary/aromatic N) is 2. The summed E-state index contributed by atoms with van der Waals surface area (Å²) in [4.78, 5) is 33.3. The van der Waals surface area contributed by atoms with Crippen molar-refractivity contribution in [1.29, 1.82) is 0 Å². The Morgan fingerprint density at radius 2 is 1.93 bits per heavy atom. The lowest BCUT2D eigenvalue weighted by Gasteiger charge is -2.23. The van der Waals surface area contributed by atoms with Crippen LogP contribution in [0.5, 0.6) is 11.5 Å². The number of ether oxygens (including phenoxy) is 2. The zero-order valence-electron chi connectivity index (χ0n) is 22.6. The Morgan fingerprint density at radius 3 is 2.70 bits per heavy atom. The monoisotopic (exact) mass is 554 g/mol. The number of benzene rings is 3. The molecule has 0 spiro atoms. The van der Waals surface area contributed by atoms with Crippen LogP contribution in [0.4, 0.5) is 5.13 Å². The minimum Gasteiger partial charge on any atom is -0.507 e. The van der Waals surface area contributed by atoms with Crippen molar-refractivity contribution in [2.75, 3.05) is 11.5 Å². The second-order valence-corrected chi connectivity index (χ2v) is 11.4. The minimum absolute atomic E-state index is 0.0343. The van der Waals surface area contributed by atoms with Crippen LogP contribution in [0.25, 0.3) is 16.0 Å². The highest BCUT2D eigenvalue weighted by Gasteiger charge is 2.48. The molecule has 3 aromatic carbocycles. The molecule has 2 aliphatic rings. The van der Waals surface area contributed by atoms with Crippen LogP contribution >= 0.6 is 11.3 Å². The van der Waals surface area contributed by atoms with Crippen molar-refractivity contribution in [1.82, 2.24) is 4.98 Å². The topological polar surface area (TPSA) is 89.0 Å². The summed E-state index contributed by atoms with van der Waals surface area (Å²) in [6, 6.07) is 17.7. The summed E-state index contributed by atoms with van der Waals surface area (Å²) in [5.41, 5.74) is 3.97. The van der Waals surface area contributed by atoms with Crippen molar-refractivity contribution in [2.24, 2.45) is 0 Å². The Balaban J connectivity index is 1.47. The fourth-order valence-corrected chi connectivity index (χ4v) is 6.36. The normalized spacial score (nSPS) is 19.7. The Hall–Kier alpha value is -4.17. The average Bonchev–Trinajstić information content (AvgIpc) is 3.60. The van der Waals surface area contributed by atoms with Gasteiger partial charge in [-0.05, 0) is 79.4 Å². The minimum atomic E-state index is -0.852. The molecular weight excluding hydrogens is 524 g/mol. The predicted molar refractivity (Wildman–Crippen MR) is 156 cm³/mol. The van der Waals surface area contributed by atoms with Crippen molar-refractivity contribution >= 4 is 44.1 Å². The van der Waals surface area contributed by atoms with E-state index in [-0.39, 0.29) is 17.4 Å². The summed E-state index contributed by atoms with van der Waals surface area (Å²) in [7, 11) is 0. The second-order valence-electron chi connectivity index (χ2n) is 10.4. The summed E-state index contributed by atoms with van der Waals surface area (Å²) < 4.78 is 12.6. The molecule has 0 aliphatic carbocycles. The van der Waals surface area contributed by atoms with Gasteiger partial charge in [0, 0.05) is 12.0 Å². The summed E-state index contributed by atoms with van der Waals surface area (Å²) in [6.45, 7) is 6.70. The van der Waals surface area contributed by atoms with Gasteiger partial charge in [0.05, 0.1) is 28.4 Å². The van der Waals surface area contributed by atoms with Gasteiger partial charge in [0.2, 0.25) is 0 Å². The number of aromatic nitrogens is 1. The molecule has 0 saturated carbocycles. The summed E-state index contributed by atoms with van der Waals surface area (Å²) in [6.07, 6.45) is 2.73. The third kappa shape index (κ3) is 4.62. The fraction of sp³-hybridized carbons (Fsp3) is 0.281. The third-order valence-electron chi connectivity index (χ3n) is 7.32. The van der Waals surface area contributed by atoms with E-state index < -0.39 is 17.7 Å². The lowest BCUT2D eigenvalue weighted by molar-refractivity contribution is -0.132. The highest BCUT2D eigenvalue weighted by molar-refractivity contribution is 7.22. The molecule has 4 aromatic rings. The quantitative estimate of drug-likeness (QED) is 0.118. The fourth-order valence-electron chi connectivity index (χ4n) is 5.27. The SMILES string of the molecule is CCCCOc1ccc([C@@H]2/C(=C(\O)c3ccc4c(c3)C[C@@H](C)O4)C(=O)C(=O)N2c2nc3ccc(C)cc3s2)cc1. The van der Waals surface area contributed by atoms with E-state index in [9.17, 15) is 14.7 Å². The van der Waals surface area contributed by atoms with E-state index in [0.29, 0.717) is 35.0 Å².